The SMILES string of the molecule is NC1C(N)C(F)C(F)(C(=O)O)OC1[C@H](O)[C@H](O)CO. The Morgan fingerprint density at radius 3 is 2.32 bits per heavy atom. The van der Waals surface area contributed by atoms with Crippen molar-refractivity contribution in [2.45, 2.75) is 42.4 Å². The standard InChI is InChI=1S/C9H16F2N2O6/c10-7-4(13)3(12)6(5(16)2(15)1-14)19-9(7,11)8(17)18/h2-7,14-16H,1,12-13H2,(H,17,18)/t2-,3?,4?,5-,6?,7?,9?/m1/s1. The van der Waals surface area contributed by atoms with E-state index in [-0.39, 0.29) is 0 Å². The molecule has 1 fully saturated rings. The molecule has 1 heterocycles. The van der Waals surface area contributed by atoms with E-state index in [1.54, 1.807) is 0 Å². The van der Waals surface area contributed by atoms with Crippen molar-refractivity contribution in [2.75, 3.05) is 6.61 Å². The zero-order chi connectivity index (χ0) is 15.0. The number of aliphatic carboxylic acids is 1. The van der Waals surface area contributed by atoms with Gasteiger partial charge in [-0.3, -0.25) is 0 Å². The van der Waals surface area contributed by atoms with Crippen molar-refractivity contribution in [3.8, 4) is 0 Å². The third kappa shape index (κ3) is 2.68. The Kier molecular flexibility index (Phi) is 4.76. The van der Waals surface area contributed by atoms with Gasteiger partial charge in [-0.1, -0.05) is 0 Å². The van der Waals surface area contributed by atoms with Crippen LogP contribution in [0.2, 0.25) is 0 Å². The predicted octanol–water partition coefficient (Wildman–Crippen LogP) is -3.16. The zero-order valence-corrected chi connectivity index (χ0v) is 9.69. The molecule has 10 heteroatoms. The van der Waals surface area contributed by atoms with E-state index >= 15 is 0 Å². The molecule has 7 atom stereocenters. The van der Waals surface area contributed by atoms with Crippen LogP contribution in [0.1, 0.15) is 0 Å². The molecule has 0 radical (unpaired) electrons. The summed E-state index contributed by atoms with van der Waals surface area (Å²) in [5.41, 5.74) is 10.7. The first-order valence-corrected chi connectivity index (χ1v) is 5.39. The fraction of sp³-hybridized carbons (Fsp3) is 0.889. The molecule has 1 rings (SSSR count). The highest BCUT2D eigenvalue weighted by Crippen LogP contribution is 2.34. The molecule has 0 amide bonds. The van der Waals surface area contributed by atoms with Crippen LogP contribution in [0.3, 0.4) is 0 Å². The number of alkyl halides is 2. The molecule has 8 N–H and O–H groups in total. The normalized spacial score (nSPS) is 42.7. The molecule has 0 aromatic rings. The maximum absolute atomic E-state index is 13.9. The lowest BCUT2D eigenvalue weighted by Gasteiger charge is -2.44. The summed E-state index contributed by atoms with van der Waals surface area (Å²) in [7, 11) is 0. The van der Waals surface area contributed by atoms with Gasteiger partial charge in [-0.25, -0.2) is 9.18 Å². The van der Waals surface area contributed by atoms with Gasteiger partial charge in [0, 0.05) is 0 Å². The monoisotopic (exact) mass is 286 g/mol. The summed E-state index contributed by atoms with van der Waals surface area (Å²) in [4.78, 5) is 10.7. The summed E-state index contributed by atoms with van der Waals surface area (Å²) >= 11 is 0. The molecule has 0 bridgehead atoms. The van der Waals surface area contributed by atoms with E-state index in [4.69, 9.17) is 21.7 Å². The third-order valence-corrected chi connectivity index (χ3v) is 3.03. The highest BCUT2D eigenvalue weighted by Gasteiger charge is 2.61. The fourth-order valence-electron chi connectivity index (χ4n) is 1.80. The summed E-state index contributed by atoms with van der Waals surface area (Å²) in [6.07, 6.45) is -8.22. The summed E-state index contributed by atoms with van der Waals surface area (Å²) in [5.74, 6) is -6.05. The van der Waals surface area contributed by atoms with Crippen molar-refractivity contribution < 1.29 is 38.7 Å². The predicted molar refractivity (Wildman–Crippen MR) is 56.3 cm³/mol. The van der Waals surface area contributed by atoms with Crippen LogP contribution in [0.5, 0.6) is 0 Å². The molecule has 1 saturated heterocycles. The summed E-state index contributed by atoms with van der Waals surface area (Å²) in [5, 5.41) is 36.1. The lowest BCUT2D eigenvalue weighted by atomic mass is 9.87. The first-order chi connectivity index (χ1) is 8.66. The van der Waals surface area contributed by atoms with Crippen molar-refractivity contribution >= 4 is 5.97 Å². The summed E-state index contributed by atoms with van der Waals surface area (Å²) in [6.45, 7) is -0.908. The third-order valence-electron chi connectivity index (χ3n) is 3.03. The molecule has 0 aromatic carbocycles. The van der Waals surface area contributed by atoms with E-state index in [0.717, 1.165) is 0 Å². The topological polar surface area (TPSA) is 159 Å². The van der Waals surface area contributed by atoms with E-state index in [1.807, 2.05) is 0 Å². The number of aliphatic hydroxyl groups excluding tert-OH is 3. The van der Waals surface area contributed by atoms with Crippen LogP contribution in [0.15, 0.2) is 0 Å². The van der Waals surface area contributed by atoms with Crippen molar-refractivity contribution in [1.82, 2.24) is 0 Å². The summed E-state index contributed by atoms with van der Waals surface area (Å²) in [6, 6.07) is -3.23. The van der Waals surface area contributed by atoms with Crippen LogP contribution in [-0.2, 0) is 9.53 Å². The first kappa shape index (κ1) is 16.1. The molecule has 8 nitrogen and oxygen atoms in total. The van der Waals surface area contributed by atoms with E-state index in [2.05, 4.69) is 4.74 Å². The molecule has 1 aliphatic heterocycles. The maximum atomic E-state index is 13.9. The Balaban J connectivity index is 3.04. The average Bonchev–Trinajstić information content (AvgIpc) is 2.38. The van der Waals surface area contributed by atoms with Gasteiger partial charge in [0.05, 0.1) is 18.7 Å². The lowest BCUT2D eigenvalue weighted by molar-refractivity contribution is -0.274. The van der Waals surface area contributed by atoms with Gasteiger partial charge >= 0.3 is 11.8 Å². The van der Waals surface area contributed by atoms with Gasteiger partial charge < -0.3 is 36.6 Å². The van der Waals surface area contributed by atoms with Gasteiger partial charge in [-0.05, 0) is 0 Å². The summed E-state index contributed by atoms with van der Waals surface area (Å²) < 4.78 is 31.8. The molecule has 0 aliphatic carbocycles. The Hall–Kier alpha value is -0.910. The number of hydrogen-bond donors (Lipinski definition) is 6. The second-order valence-electron chi connectivity index (χ2n) is 4.33. The zero-order valence-electron chi connectivity index (χ0n) is 9.69. The second kappa shape index (κ2) is 5.61. The Morgan fingerprint density at radius 2 is 1.89 bits per heavy atom. The highest BCUT2D eigenvalue weighted by atomic mass is 19.2. The van der Waals surface area contributed by atoms with Crippen LogP contribution < -0.4 is 11.5 Å². The number of carboxylic acid groups (broad SMARTS) is 1. The molecule has 5 unspecified atom stereocenters. The van der Waals surface area contributed by atoms with Crippen molar-refractivity contribution in [1.29, 1.82) is 0 Å². The maximum Gasteiger partial charge on any atom is 0.372 e. The van der Waals surface area contributed by atoms with Crippen LogP contribution in [0.25, 0.3) is 0 Å². The number of hydrogen-bond acceptors (Lipinski definition) is 7. The molecule has 19 heavy (non-hydrogen) atoms. The fourth-order valence-corrected chi connectivity index (χ4v) is 1.80. The van der Waals surface area contributed by atoms with Crippen molar-refractivity contribution in [2.24, 2.45) is 11.5 Å². The minimum absolute atomic E-state index is 0.908. The molecule has 112 valence electrons. The number of halogens is 2. The van der Waals surface area contributed by atoms with Crippen LogP contribution >= 0.6 is 0 Å². The quantitative estimate of drug-likeness (QED) is 0.316. The Bertz CT molecular complexity index is 345. The molecule has 0 aromatic heterocycles. The van der Waals surface area contributed by atoms with E-state index < -0.39 is 55.0 Å². The number of ether oxygens (including phenoxy) is 1. The molecular weight excluding hydrogens is 270 g/mol. The minimum Gasteiger partial charge on any atom is -0.477 e. The number of carbonyl (C=O) groups is 1. The van der Waals surface area contributed by atoms with Crippen LogP contribution in [-0.4, -0.2) is 75.4 Å². The van der Waals surface area contributed by atoms with Gasteiger partial charge in [0.2, 0.25) is 0 Å². The average molecular weight is 286 g/mol. The van der Waals surface area contributed by atoms with E-state index in [1.165, 1.54) is 0 Å². The lowest BCUT2D eigenvalue weighted by Crippen LogP contribution is -2.72. The smallest absolute Gasteiger partial charge is 0.372 e. The molecule has 0 saturated carbocycles. The minimum atomic E-state index is -3.78. The number of nitrogens with two attached hydrogens (primary N) is 2. The Morgan fingerprint density at radius 1 is 1.37 bits per heavy atom. The first-order valence-electron chi connectivity index (χ1n) is 5.39. The van der Waals surface area contributed by atoms with Crippen molar-refractivity contribution in [3.63, 3.8) is 0 Å². The van der Waals surface area contributed by atoms with Gasteiger partial charge in [-0.2, -0.15) is 4.39 Å². The molecule has 1 aliphatic rings. The van der Waals surface area contributed by atoms with Gasteiger partial charge in [0.15, 0.2) is 6.17 Å². The van der Waals surface area contributed by atoms with Crippen LogP contribution in [0.4, 0.5) is 8.78 Å². The number of carboxylic acids is 1. The largest absolute Gasteiger partial charge is 0.477 e. The molecule has 0 spiro atoms. The van der Waals surface area contributed by atoms with Crippen molar-refractivity contribution in [3.05, 3.63) is 0 Å². The van der Waals surface area contributed by atoms with E-state index in [0.29, 0.717) is 0 Å². The highest BCUT2D eigenvalue weighted by molar-refractivity contribution is 5.76. The van der Waals surface area contributed by atoms with Gasteiger partial charge in [0.25, 0.3) is 0 Å². The second-order valence-corrected chi connectivity index (χ2v) is 4.33. The van der Waals surface area contributed by atoms with Crippen LogP contribution in [0, 0.1) is 0 Å². The van der Waals surface area contributed by atoms with Gasteiger partial charge in [-0.15, -0.1) is 0 Å². The number of rotatable bonds is 4. The number of aliphatic hydroxyl groups is 3. The molecular formula is C9H16F2N2O6. The van der Waals surface area contributed by atoms with E-state index in [9.17, 15) is 23.8 Å². The Labute approximate surface area is 106 Å². The van der Waals surface area contributed by atoms with Gasteiger partial charge in [0.1, 0.15) is 18.3 Å².